The van der Waals surface area contributed by atoms with Crippen LogP contribution < -0.4 is 10.1 Å². The van der Waals surface area contributed by atoms with E-state index in [1.165, 1.54) is 24.3 Å². The van der Waals surface area contributed by atoms with Crippen molar-refractivity contribution in [3.05, 3.63) is 59.4 Å². The third-order valence-electron chi connectivity index (χ3n) is 7.94. The molecule has 2 aliphatic rings. The highest BCUT2D eigenvalue weighted by atomic mass is 35.5. The van der Waals surface area contributed by atoms with Gasteiger partial charge in [-0.05, 0) is 87.0 Å². The van der Waals surface area contributed by atoms with Crippen LogP contribution in [0.15, 0.2) is 42.5 Å². The molecule has 0 radical (unpaired) electrons. The molecule has 1 N–H and O–H groups in total. The van der Waals surface area contributed by atoms with E-state index in [1.54, 1.807) is 7.11 Å². The fourth-order valence-corrected chi connectivity index (χ4v) is 5.62. The maximum Gasteiger partial charge on any atom is 0.320 e. The highest BCUT2D eigenvalue weighted by molar-refractivity contribution is 6.05. The molecule has 0 spiro atoms. The van der Waals surface area contributed by atoms with E-state index in [0.29, 0.717) is 55.3 Å². The Balaban J connectivity index is 0.00000462. The third kappa shape index (κ3) is 9.05. The molecular formula is C31H44ClFN4O4. The number of carbonyl (C=O) groups is 2. The van der Waals surface area contributed by atoms with E-state index in [4.69, 9.17) is 9.47 Å². The summed E-state index contributed by atoms with van der Waals surface area (Å²) in [5.41, 5.74) is 2.09. The highest BCUT2D eigenvalue weighted by Gasteiger charge is 2.29. The van der Waals surface area contributed by atoms with Gasteiger partial charge in [0, 0.05) is 44.3 Å². The zero-order valence-electron chi connectivity index (χ0n) is 24.4. The first-order valence-corrected chi connectivity index (χ1v) is 14.5. The summed E-state index contributed by atoms with van der Waals surface area (Å²) in [5.74, 6) is 0.447. The second-order valence-electron chi connectivity index (χ2n) is 10.9. The first-order chi connectivity index (χ1) is 19.4. The number of morpholine rings is 1. The smallest absolute Gasteiger partial charge is 0.320 e. The molecule has 2 heterocycles. The van der Waals surface area contributed by atoms with Crippen LogP contribution in [0.3, 0.4) is 0 Å². The molecule has 8 nitrogen and oxygen atoms in total. The molecule has 3 amide bonds. The molecule has 2 aliphatic heterocycles. The van der Waals surface area contributed by atoms with E-state index in [0.717, 1.165) is 57.4 Å². The van der Waals surface area contributed by atoms with Gasteiger partial charge in [0.2, 0.25) is 0 Å². The number of benzene rings is 2. The molecule has 10 heteroatoms. The Morgan fingerprint density at radius 2 is 1.73 bits per heavy atom. The number of amides is 3. The normalized spacial score (nSPS) is 16.7. The van der Waals surface area contributed by atoms with E-state index in [1.807, 2.05) is 28.0 Å². The Morgan fingerprint density at radius 1 is 1.07 bits per heavy atom. The van der Waals surface area contributed by atoms with E-state index in [9.17, 15) is 14.0 Å². The number of carbonyl (C=O) groups excluding carboxylic acids is 2. The lowest BCUT2D eigenvalue weighted by molar-refractivity contribution is 0.0386. The number of methoxy groups -OCH3 is 1. The van der Waals surface area contributed by atoms with Crippen LogP contribution in [0.2, 0.25) is 0 Å². The quantitative estimate of drug-likeness (QED) is 0.406. The summed E-state index contributed by atoms with van der Waals surface area (Å²) in [5, 5.41) is 2.93. The predicted molar refractivity (Wildman–Crippen MR) is 162 cm³/mol. The number of nitrogens with one attached hydrogen (secondary N) is 1. The predicted octanol–water partition coefficient (Wildman–Crippen LogP) is 5.32. The Hall–Kier alpha value is -2.88. The Kier molecular flexibility index (Phi) is 12.7. The molecular weight excluding hydrogens is 547 g/mol. The summed E-state index contributed by atoms with van der Waals surface area (Å²) in [6.45, 7) is 10.7. The molecule has 2 saturated heterocycles. The largest absolute Gasteiger partial charge is 0.495 e. The first kappa shape index (κ1) is 32.6. The van der Waals surface area contributed by atoms with Gasteiger partial charge in [-0.2, -0.15) is 0 Å². The minimum Gasteiger partial charge on any atom is -0.495 e. The topological polar surface area (TPSA) is 74.3 Å². The number of hydrogen-bond donors (Lipinski definition) is 1. The summed E-state index contributed by atoms with van der Waals surface area (Å²) < 4.78 is 24.2. The van der Waals surface area contributed by atoms with Crippen LogP contribution in [0.5, 0.6) is 5.75 Å². The minimum atomic E-state index is -0.381. The summed E-state index contributed by atoms with van der Waals surface area (Å²) in [6, 6.07) is 11.8. The van der Waals surface area contributed by atoms with Crippen molar-refractivity contribution in [2.24, 2.45) is 5.92 Å². The van der Waals surface area contributed by atoms with Crippen molar-refractivity contribution in [3.63, 3.8) is 0 Å². The maximum absolute atomic E-state index is 13.3. The first-order valence-electron chi connectivity index (χ1n) is 14.5. The molecule has 0 aromatic heterocycles. The summed E-state index contributed by atoms with van der Waals surface area (Å²) >= 11 is 0. The maximum atomic E-state index is 13.3. The van der Waals surface area contributed by atoms with Crippen LogP contribution in [-0.4, -0.2) is 92.3 Å². The lowest BCUT2D eigenvalue weighted by Gasteiger charge is -2.39. The van der Waals surface area contributed by atoms with E-state index in [-0.39, 0.29) is 30.2 Å². The number of nitrogens with zero attached hydrogens (tertiary/aromatic N) is 3. The van der Waals surface area contributed by atoms with Gasteiger partial charge < -0.3 is 29.5 Å². The van der Waals surface area contributed by atoms with Crippen LogP contribution in [0.1, 0.15) is 49.0 Å². The van der Waals surface area contributed by atoms with Crippen LogP contribution >= 0.6 is 12.4 Å². The number of rotatable bonds is 10. The summed E-state index contributed by atoms with van der Waals surface area (Å²) in [4.78, 5) is 32.1. The standard InChI is InChI=1S/C31H43FN4O4.ClH/c1-4-13-36(22-24-11-14-34(15-12-24)31(38)35-16-18-40-19-17-35)23(2)20-25-5-10-29(39-3)28(21-25)33-30(37)26-6-8-27(32)9-7-26;/h5-10,21,23-24H,4,11-20,22H2,1-3H3,(H,33,37);1H. The van der Waals surface area contributed by atoms with Crippen molar-refractivity contribution in [3.8, 4) is 5.75 Å². The van der Waals surface area contributed by atoms with Crippen molar-refractivity contribution in [1.29, 1.82) is 0 Å². The Morgan fingerprint density at radius 3 is 2.37 bits per heavy atom. The number of hydrogen-bond acceptors (Lipinski definition) is 5. The number of ether oxygens (including phenoxy) is 2. The highest BCUT2D eigenvalue weighted by Crippen LogP contribution is 2.28. The zero-order chi connectivity index (χ0) is 28.5. The van der Waals surface area contributed by atoms with E-state index < -0.39 is 0 Å². The summed E-state index contributed by atoms with van der Waals surface area (Å²) in [6.07, 6.45) is 3.94. The molecule has 226 valence electrons. The molecule has 41 heavy (non-hydrogen) atoms. The van der Waals surface area contributed by atoms with Gasteiger partial charge in [0.15, 0.2) is 0 Å². The number of urea groups is 1. The molecule has 1 atom stereocenters. The van der Waals surface area contributed by atoms with Gasteiger partial charge >= 0.3 is 6.03 Å². The van der Waals surface area contributed by atoms with Crippen LogP contribution in [0.25, 0.3) is 0 Å². The van der Waals surface area contributed by atoms with Crippen molar-refractivity contribution >= 4 is 30.0 Å². The fraction of sp³-hybridized carbons (Fsp3) is 0.548. The Labute approximate surface area is 249 Å². The lowest BCUT2D eigenvalue weighted by atomic mass is 9.95. The number of halogens is 2. The van der Waals surface area contributed by atoms with Gasteiger partial charge in [0.05, 0.1) is 26.0 Å². The molecule has 0 aliphatic carbocycles. The van der Waals surface area contributed by atoms with Gasteiger partial charge in [-0.1, -0.05) is 13.0 Å². The van der Waals surface area contributed by atoms with Gasteiger partial charge in [-0.25, -0.2) is 9.18 Å². The van der Waals surface area contributed by atoms with Crippen molar-refractivity contribution in [2.75, 3.05) is 64.9 Å². The summed E-state index contributed by atoms with van der Waals surface area (Å²) in [7, 11) is 1.58. The van der Waals surface area contributed by atoms with E-state index >= 15 is 0 Å². The lowest BCUT2D eigenvalue weighted by Crippen LogP contribution is -2.51. The Bertz CT molecular complexity index is 1120. The molecule has 4 rings (SSSR count). The molecule has 2 aromatic carbocycles. The van der Waals surface area contributed by atoms with Gasteiger partial charge in [-0.15, -0.1) is 12.4 Å². The average molecular weight is 591 g/mol. The SMILES string of the molecule is CCCN(CC1CCN(C(=O)N2CCOCC2)CC1)C(C)Cc1ccc(OC)c(NC(=O)c2ccc(F)cc2)c1.Cl. The van der Waals surface area contributed by atoms with Crippen molar-refractivity contribution in [2.45, 2.75) is 45.6 Å². The van der Waals surface area contributed by atoms with Gasteiger partial charge in [0.25, 0.3) is 5.91 Å². The second-order valence-corrected chi connectivity index (χ2v) is 10.9. The number of piperidine rings is 1. The number of likely N-dealkylation sites (tertiary alicyclic amines) is 1. The average Bonchev–Trinajstić information content (AvgIpc) is 2.98. The fourth-order valence-electron chi connectivity index (χ4n) is 5.62. The number of anilines is 1. The van der Waals surface area contributed by atoms with Crippen LogP contribution in [-0.2, 0) is 11.2 Å². The van der Waals surface area contributed by atoms with Crippen LogP contribution in [0, 0.1) is 11.7 Å². The third-order valence-corrected chi connectivity index (χ3v) is 7.94. The minimum absolute atomic E-state index is 0. The molecule has 2 aromatic rings. The molecule has 0 bridgehead atoms. The van der Waals surface area contributed by atoms with Crippen molar-refractivity contribution < 1.29 is 23.5 Å². The monoisotopic (exact) mass is 590 g/mol. The molecule has 1 unspecified atom stereocenters. The van der Waals surface area contributed by atoms with Gasteiger partial charge in [-0.3, -0.25) is 4.79 Å². The zero-order valence-corrected chi connectivity index (χ0v) is 25.3. The van der Waals surface area contributed by atoms with E-state index in [2.05, 4.69) is 24.1 Å². The van der Waals surface area contributed by atoms with Crippen LogP contribution in [0.4, 0.5) is 14.9 Å². The molecule has 2 fully saturated rings. The van der Waals surface area contributed by atoms with Gasteiger partial charge in [0.1, 0.15) is 11.6 Å². The molecule has 0 saturated carbocycles. The van der Waals surface area contributed by atoms with Crippen molar-refractivity contribution in [1.82, 2.24) is 14.7 Å². The second kappa shape index (κ2) is 15.9.